The van der Waals surface area contributed by atoms with E-state index in [4.69, 9.17) is 4.74 Å². The van der Waals surface area contributed by atoms with Gasteiger partial charge in [-0.1, -0.05) is 148 Å². The molecule has 0 aliphatic carbocycles. The van der Waals surface area contributed by atoms with Gasteiger partial charge in [-0.05, 0) is 30.9 Å². The van der Waals surface area contributed by atoms with Crippen molar-refractivity contribution >= 4 is 0 Å². The minimum absolute atomic E-state index is 0.0613. The Morgan fingerprint density at radius 2 is 1.00 bits per heavy atom. The molecule has 0 saturated heterocycles. The van der Waals surface area contributed by atoms with Gasteiger partial charge in [-0.2, -0.15) is 0 Å². The predicted octanol–water partition coefficient (Wildman–Crippen LogP) is 10.3. The molecular weight excluding hydrogens is 416 g/mol. The van der Waals surface area contributed by atoms with Crippen molar-refractivity contribution in [3.63, 3.8) is 0 Å². The summed E-state index contributed by atoms with van der Waals surface area (Å²) in [5, 5.41) is 9.67. The lowest BCUT2D eigenvalue weighted by molar-refractivity contribution is 0.259. The fraction of sp³-hybridized carbons (Fsp3) is 0.812. The normalized spacial score (nSPS) is 11.3. The van der Waals surface area contributed by atoms with Crippen LogP contribution in [0.4, 0.5) is 0 Å². The molecule has 0 saturated carbocycles. The lowest BCUT2D eigenvalue weighted by Crippen LogP contribution is -2.01. The number of ether oxygens (including phenoxy) is 1. The monoisotopic (exact) mass is 474 g/mol. The lowest BCUT2D eigenvalue weighted by atomic mass is 10.0. The Balaban J connectivity index is 2.08. The van der Waals surface area contributed by atoms with Gasteiger partial charge in [0.15, 0.2) is 0 Å². The van der Waals surface area contributed by atoms with Gasteiger partial charge in [0.1, 0.15) is 5.75 Å². The van der Waals surface area contributed by atoms with E-state index in [9.17, 15) is 5.11 Å². The second-order valence-corrected chi connectivity index (χ2v) is 10.4. The van der Waals surface area contributed by atoms with Crippen molar-refractivity contribution in [3.05, 3.63) is 29.3 Å². The van der Waals surface area contributed by atoms with Crippen LogP contribution in [0.5, 0.6) is 5.75 Å². The van der Waals surface area contributed by atoms with E-state index >= 15 is 0 Å². The highest BCUT2D eigenvalue weighted by molar-refractivity contribution is 5.37. The van der Waals surface area contributed by atoms with Gasteiger partial charge in [0.25, 0.3) is 0 Å². The summed E-state index contributed by atoms with van der Waals surface area (Å²) in [4.78, 5) is 0. The number of hydrogen-bond acceptors (Lipinski definition) is 2. The van der Waals surface area contributed by atoms with Crippen molar-refractivity contribution < 1.29 is 9.84 Å². The van der Waals surface area contributed by atoms with Crippen LogP contribution in [0.2, 0.25) is 0 Å². The first kappa shape index (κ1) is 31.0. The lowest BCUT2D eigenvalue weighted by Gasteiger charge is -2.12. The Hall–Kier alpha value is -1.02. The Bertz CT molecular complexity index is 554. The first-order valence-electron chi connectivity index (χ1n) is 15.2. The van der Waals surface area contributed by atoms with Crippen LogP contribution < -0.4 is 4.74 Å². The van der Waals surface area contributed by atoms with Crippen LogP contribution in [0.15, 0.2) is 18.2 Å². The van der Waals surface area contributed by atoms with Crippen molar-refractivity contribution in [3.8, 4) is 5.75 Å². The minimum Gasteiger partial charge on any atom is -0.493 e. The van der Waals surface area contributed by atoms with E-state index in [1.165, 1.54) is 134 Å². The largest absolute Gasteiger partial charge is 0.493 e. The minimum atomic E-state index is 0.0613. The zero-order valence-corrected chi connectivity index (χ0v) is 23.1. The summed E-state index contributed by atoms with van der Waals surface area (Å²) >= 11 is 0. The molecular formula is C32H58O2. The van der Waals surface area contributed by atoms with Crippen LogP contribution in [-0.4, -0.2) is 11.7 Å². The zero-order chi connectivity index (χ0) is 24.5. The fourth-order valence-electron chi connectivity index (χ4n) is 4.78. The number of rotatable bonds is 25. The Labute approximate surface area is 213 Å². The van der Waals surface area contributed by atoms with Gasteiger partial charge in [-0.15, -0.1) is 0 Å². The number of hydrogen-bond donors (Lipinski definition) is 1. The first-order chi connectivity index (χ1) is 16.8. The number of aliphatic hydroxyl groups excluding tert-OH is 1. The molecule has 0 fully saturated rings. The molecule has 0 heterocycles. The van der Waals surface area contributed by atoms with E-state index < -0.39 is 0 Å². The molecule has 34 heavy (non-hydrogen) atoms. The summed E-state index contributed by atoms with van der Waals surface area (Å²) in [5.41, 5.74) is 2.28. The van der Waals surface area contributed by atoms with Gasteiger partial charge in [0, 0.05) is 5.56 Å². The summed E-state index contributed by atoms with van der Waals surface area (Å²) in [7, 11) is 0. The topological polar surface area (TPSA) is 29.5 Å². The Morgan fingerprint density at radius 3 is 1.47 bits per heavy atom. The van der Waals surface area contributed by atoms with Crippen LogP contribution in [-0.2, 0) is 13.0 Å². The standard InChI is InChI=1S/C32H58O2/c1-3-5-7-9-11-13-14-15-16-17-18-20-22-24-30-25-26-31(29-33)32(28-30)34-27-23-21-19-12-10-8-6-4-2/h25-26,28,33H,3-24,27,29H2,1-2H3. The van der Waals surface area contributed by atoms with Gasteiger partial charge >= 0.3 is 0 Å². The Morgan fingerprint density at radius 1 is 0.559 bits per heavy atom. The van der Waals surface area contributed by atoms with E-state index in [2.05, 4.69) is 32.0 Å². The van der Waals surface area contributed by atoms with Crippen LogP contribution in [0.25, 0.3) is 0 Å². The maximum atomic E-state index is 9.67. The molecule has 0 bridgehead atoms. The average Bonchev–Trinajstić information content (AvgIpc) is 2.86. The average molecular weight is 475 g/mol. The third-order valence-electron chi connectivity index (χ3n) is 7.13. The summed E-state index contributed by atoms with van der Waals surface area (Å²) in [6, 6.07) is 6.41. The van der Waals surface area contributed by atoms with Crippen LogP contribution in [0.1, 0.15) is 160 Å². The van der Waals surface area contributed by atoms with Crippen molar-refractivity contribution in [2.45, 2.75) is 162 Å². The van der Waals surface area contributed by atoms with E-state index in [1.807, 2.05) is 0 Å². The quantitative estimate of drug-likeness (QED) is 0.143. The van der Waals surface area contributed by atoms with Crippen LogP contribution in [0, 0.1) is 0 Å². The fourth-order valence-corrected chi connectivity index (χ4v) is 4.78. The molecule has 1 rings (SSSR count). The second kappa shape index (κ2) is 23.7. The molecule has 2 nitrogen and oxygen atoms in total. The molecule has 1 aromatic carbocycles. The number of aryl methyl sites for hydroxylation is 1. The highest BCUT2D eigenvalue weighted by Gasteiger charge is 2.05. The molecule has 0 unspecified atom stereocenters. The third kappa shape index (κ3) is 17.4. The van der Waals surface area contributed by atoms with E-state index in [0.717, 1.165) is 30.8 Å². The van der Waals surface area contributed by atoms with E-state index in [1.54, 1.807) is 0 Å². The van der Waals surface area contributed by atoms with Gasteiger partial charge < -0.3 is 9.84 Å². The molecule has 0 aliphatic rings. The maximum absolute atomic E-state index is 9.67. The molecule has 0 spiro atoms. The van der Waals surface area contributed by atoms with Crippen molar-refractivity contribution in [1.82, 2.24) is 0 Å². The highest BCUT2D eigenvalue weighted by atomic mass is 16.5. The van der Waals surface area contributed by atoms with Crippen molar-refractivity contribution in [1.29, 1.82) is 0 Å². The van der Waals surface area contributed by atoms with Gasteiger partial charge in [0.05, 0.1) is 13.2 Å². The van der Waals surface area contributed by atoms with Crippen LogP contribution in [0.3, 0.4) is 0 Å². The molecule has 0 aliphatic heterocycles. The van der Waals surface area contributed by atoms with Crippen molar-refractivity contribution in [2.75, 3.05) is 6.61 Å². The summed E-state index contributed by atoms with van der Waals surface area (Å²) in [6.07, 6.45) is 29.8. The number of benzene rings is 1. The third-order valence-corrected chi connectivity index (χ3v) is 7.13. The molecule has 0 amide bonds. The molecule has 0 radical (unpaired) electrons. The Kier molecular flexibility index (Phi) is 21.6. The smallest absolute Gasteiger partial charge is 0.125 e. The zero-order valence-electron chi connectivity index (χ0n) is 23.1. The van der Waals surface area contributed by atoms with Gasteiger partial charge in [0.2, 0.25) is 0 Å². The first-order valence-corrected chi connectivity index (χ1v) is 15.2. The predicted molar refractivity (Wildman–Crippen MR) is 150 cm³/mol. The van der Waals surface area contributed by atoms with Crippen molar-refractivity contribution in [2.24, 2.45) is 0 Å². The molecule has 0 atom stereocenters. The molecule has 1 aromatic rings. The van der Waals surface area contributed by atoms with E-state index in [0.29, 0.717) is 0 Å². The maximum Gasteiger partial charge on any atom is 0.125 e. The summed E-state index contributed by atoms with van der Waals surface area (Å²) < 4.78 is 6.07. The molecule has 2 heteroatoms. The summed E-state index contributed by atoms with van der Waals surface area (Å²) in [5.74, 6) is 0.901. The van der Waals surface area contributed by atoms with Gasteiger partial charge in [-0.3, -0.25) is 0 Å². The SMILES string of the molecule is CCCCCCCCCCCCCCCc1ccc(CO)c(OCCCCCCCCCC)c1. The molecule has 198 valence electrons. The van der Waals surface area contributed by atoms with Crippen LogP contribution >= 0.6 is 0 Å². The molecule has 0 aromatic heterocycles. The van der Waals surface area contributed by atoms with E-state index in [-0.39, 0.29) is 6.61 Å². The summed E-state index contributed by atoms with van der Waals surface area (Å²) in [6.45, 7) is 5.39. The number of aliphatic hydroxyl groups is 1. The van der Waals surface area contributed by atoms with Gasteiger partial charge in [-0.25, -0.2) is 0 Å². The molecule has 1 N–H and O–H groups in total. The number of unbranched alkanes of at least 4 members (excludes halogenated alkanes) is 19. The second-order valence-electron chi connectivity index (χ2n) is 10.4. The highest BCUT2D eigenvalue weighted by Crippen LogP contribution is 2.23.